The zero-order valence-electron chi connectivity index (χ0n) is 11.7. The number of ketones is 1. The van der Waals surface area contributed by atoms with Crippen LogP contribution in [0.3, 0.4) is 0 Å². The van der Waals surface area contributed by atoms with Crippen LogP contribution in [0.1, 0.15) is 23.2 Å². The number of carbonyl (C=O) groups is 3. The van der Waals surface area contributed by atoms with Gasteiger partial charge in [-0.05, 0) is 12.5 Å². The Morgan fingerprint density at radius 3 is 2.43 bits per heavy atom. The van der Waals surface area contributed by atoms with Crippen LogP contribution >= 0.6 is 0 Å². The molecule has 0 saturated carbocycles. The summed E-state index contributed by atoms with van der Waals surface area (Å²) in [5, 5.41) is 0. The maximum Gasteiger partial charge on any atom is 0.299 e. The van der Waals surface area contributed by atoms with Crippen LogP contribution in [0.25, 0.3) is 0 Å². The Morgan fingerprint density at radius 2 is 1.81 bits per heavy atom. The zero-order valence-corrected chi connectivity index (χ0v) is 11.7. The predicted octanol–water partition coefficient (Wildman–Crippen LogP) is 1.36. The van der Waals surface area contributed by atoms with Crippen LogP contribution in [0.15, 0.2) is 12.1 Å². The first-order valence-electron chi connectivity index (χ1n) is 6.38. The zero-order chi connectivity index (χ0) is 15.7. The molecule has 0 fully saturated rings. The molecule has 0 N–H and O–H groups in total. The monoisotopic (exact) mass is 296 g/mol. The molecular weight excluding hydrogens is 282 g/mol. The van der Waals surface area contributed by atoms with E-state index in [1.165, 1.54) is 4.90 Å². The highest BCUT2D eigenvalue weighted by atomic mass is 19.2. The van der Waals surface area contributed by atoms with E-state index < -0.39 is 23.3 Å². The molecule has 1 aliphatic rings. The highest BCUT2D eigenvalue weighted by Gasteiger charge is 2.36. The van der Waals surface area contributed by atoms with Gasteiger partial charge in [0, 0.05) is 33.1 Å². The second kappa shape index (κ2) is 5.59. The van der Waals surface area contributed by atoms with Gasteiger partial charge in [0.15, 0.2) is 11.6 Å². The Morgan fingerprint density at radius 1 is 1.19 bits per heavy atom. The summed E-state index contributed by atoms with van der Waals surface area (Å²) in [5.41, 5.74) is -0.0842. The predicted molar refractivity (Wildman–Crippen MR) is 71.0 cm³/mol. The van der Waals surface area contributed by atoms with Gasteiger partial charge in [-0.1, -0.05) is 0 Å². The third-order valence-electron chi connectivity index (χ3n) is 3.28. The summed E-state index contributed by atoms with van der Waals surface area (Å²) in [6.45, 7) is 0.0994. The van der Waals surface area contributed by atoms with Crippen LogP contribution in [0.4, 0.5) is 14.5 Å². The van der Waals surface area contributed by atoms with Gasteiger partial charge < -0.3 is 9.80 Å². The van der Waals surface area contributed by atoms with Gasteiger partial charge in [-0.25, -0.2) is 8.78 Å². The molecule has 112 valence electrons. The van der Waals surface area contributed by atoms with E-state index in [0.29, 0.717) is 6.42 Å². The lowest BCUT2D eigenvalue weighted by molar-refractivity contribution is -0.128. The molecule has 0 aromatic heterocycles. The third kappa shape index (κ3) is 2.76. The summed E-state index contributed by atoms with van der Waals surface area (Å²) >= 11 is 0. The van der Waals surface area contributed by atoms with Gasteiger partial charge in [-0.15, -0.1) is 0 Å². The Hall–Kier alpha value is -2.31. The number of rotatable bonds is 4. The molecule has 0 aliphatic carbocycles. The van der Waals surface area contributed by atoms with Crippen LogP contribution in [-0.2, 0) is 9.59 Å². The summed E-state index contributed by atoms with van der Waals surface area (Å²) in [6.07, 6.45) is 0.526. The minimum atomic E-state index is -1.17. The van der Waals surface area contributed by atoms with Crippen LogP contribution in [0.2, 0.25) is 0 Å². The third-order valence-corrected chi connectivity index (χ3v) is 3.28. The smallest absolute Gasteiger partial charge is 0.299 e. The van der Waals surface area contributed by atoms with E-state index in [4.69, 9.17) is 0 Å². The van der Waals surface area contributed by atoms with Gasteiger partial charge in [-0.2, -0.15) is 0 Å². The summed E-state index contributed by atoms with van der Waals surface area (Å²) in [5.74, 6) is -4.08. The van der Waals surface area contributed by atoms with E-state index in [-0.39, 0.29) is 30.1 Å². The molecule has 2 amide bonds. The van der Waals surface area contributed by atoms with Gasteiger partial charge in [-0.3, -0.25) is 14.4 Å². The molecule has 0 radical (unpaired) electrons. The molecule has 21 heavy (non-hydrogen) atoms. The van der Waals surface area contributed by atoms with Crippen molar-refractivity contribution in [3.05, 3.63) is 29.3 Å². The Labute approximate surface area is 120 Å². The Kier molecular flexibility index (Phi) is 4.02. The fourth-order valence-corrected chi connectivity index (χ4v) is 2.12. The lowest BCUT2D eigenvalue weighted by atomic mass is 10.1. The quantitative estimate of drug-likeness (QED) is 0.788. The molecule has 0 saturated heterocycles. The maximum absolute atomic E-state index is 13.3. The molecular formula is C14H14F2N2O3. The van der Waals surface area contributed by atoms with Gasteiger partial charge in [0.25, 0.3) is 11.7 Å². The molecule has 7 heteroatoms. The van der Waals surface area contributed by atoms with Gasteiger partial charge >= 0.3 is 0 Å². The minimum Gasteiger partial charge on any atom is -0.349 e. The lowest BCUT2D eigenvalue weighted by Gasteiger charge is -2.17. The van der Waals surface area contributed by atoms with Crippen molar-refractivity contribution in [3.63, 3.8) is 0 Å². The van der Waals surface area contributed by atoms with E-state index in [1.54, 1.807) is 14.1 Å². The molecule has 1 aromatic rings. The van der Waals surface area contributed by atoms with Gasteiger partial charge in [0.1, 0.15) is 0 Å². The van der Waals surface area contributed by atoms with Crippen molar-refractivity contribution in [2.24, 2.45) is 0 Å². The fraction of sp³-hybridized carbons (Fsp3) is 0.357. The largest absolute Gasteiger partial charge is 0.349 e. The SMILES string of the molecule is CN(C)C(=O)CCCN1C(=O)C(=O)c2cc(F)c(F)cc21. The number of fused-ring (bicyclic) bond motifs is 1. The van der Waals surface area contributed by atoms with Gasteiger partial charge in [0.2, 0.25) is 5.91 Å². The van der Waals surface area contributed by atoms with E-state index in [0.717, 1.165) is 17.0 Å². The average molecular weight is 296 g/mol. The van der Waals surface area contributed by atoms with E-state index in [9.17, 15) is 23.2 Å². The maximum atomic E-state index is 13.3. The van der Waals surface area contributed by atoms with Crippen LogP contribution in [-0.4, -0.2) is 43.1 Å². The number of benzene rings is 1. The Balaban J connectivity index is 2.16. The molecule has 0 spiro atoms. The van der Waals surface area contributed by atoms with Crippen molar-refractivity contribution >= 4 is 23.3 Å². The Bertz CT molecular complexity index is 629. The molecule has 1 heterocycles. The van der Waals surface area contributed by atoms with Crippen molar-refractivity contribution in [3.8, 4) is 0 Å². The number of hydrogen-bond acceptors (Lipinski definition) is 3. The summed E-state index contributed by atoms with van der Waals surface area (Å²) in [4.78, 5) is 37.5. The minimum absolute atomic E-state index is 0.0567. The van der Waals surface area contributed by atoms with Gasteiger partial charge in [0.05, 0.1) is 11.3 Å². The second-order valence-corrected chi connectivity index (χ2v) is 4.96. The van der Waals surface area contributed by atoms with Crippen molar-refractivity contribution in [1.82, 2.24) is 4.90 Å². The number of carbonyl (C=O) groups excluding carboxylic acids is 3. The second-order valence-electron chi connectivity index (χ2n) is 4.96. The van der Waals surface area contributed by atoms with Crippen molar-refractivity contribution < 1.29 is 23.2 Å². The highest BCUT2D eigenvalue weighted by Crippen LogP contribution is 2.31. The number of halogens is 2. The van der Waals surface area contributed by atoms with E-state index in [1.807, 2.05) is 0 Å². The van der Waals surface area contributed by atoms with Crippen LogP contribution in [0, 0.1) is 11.6 Å². The molecule has 0 bridgehead atoms. The number of nitrogens with zero attached hydrogens (tertiary/aromatic N) is 2. The van der Waals surface area contributed by atoms with Crippen molar-refractivity contribution in [2.45, 2.75) is 12.8 Å². The topological polar surface area (TPSA) is 57.7 Å². The van der Waals surface area contributed by atoms with E-state index in [2.05, 4.69) is 0 Å². The molecule has 1 aliphatic heterocycles. The number of anilines is 1. The fourth-order valence-electron chi connectivity index (χ4n) is 2.12. The molecule has 5 nitrogen and oxygen atoms in total. The average Bonchev–Trinajstić information content (AvgIpc) is 2.64. The number of amides is 2. The standard InChI is InChI=1S/C14H14F2N2O3/c1-17(2)12(19)4-3-5-18-11-7-10(16)9(15)6-8(11)13(20)14(18)21/h6-7H,3-5H2,1-2H3. The van der Waals surface area contributed by atoms with Crippen LogP contribution in [0.5, 0.6) is 0 Å². The normalized spacial score (nSPS) is 13.6. The highest BCUT2D eigenvalue weighted by molar-refractivity contribution is 6.52. The van der Waals surface area contributed by atoms with Crippen molar-refractivity contribution in [1.29, 1.82) is 0 Å². The summed E-state index contributed by atoms with van der Waals surface area (Å²) in [6, 6.07) is 1.57. The van der Waals surface area contributed by atoms with Crippen molar-refractivity contribution in [2.75, 3.05) is 25.5 Å². The lowest BCUT2D eigenvalue weighted by Crippen LogP contribution is -2.31. The molecule has 2 rings (SSSR count). The first-order valence-corrected chi connectivity index (χ1v) is 6.38. The summed E-state index contributed by atoms with van der Waals surface area (Å²) < 4.78 is 26.4. The molecule has 0 atom stereocenters. The van der Waals surface area contributed by atoms with E-state index >= 15 is 0 Å². The van der Waals surface area contributed by atoms with Crippen LogP contribution < -0.4 is 4.90 Å². The first kappa shape index (κ1) is 15.1. The molecule has 1 aromatic carbocycles. The number of Topliss-reactive ketones (excluding diaryl/α,β-unsaturated/α-hetero) is 1. The summed E-state index contributed by atoms with van der Waals surface area (Å²) in [7, 11) is 3.22. The number of hydrogen-bond donors (Lipinski definition) is 0. The first-order chi connectivity index (χ1) is 9.82. The molecule has 0 unspecified atom stereocenters.